The fourth-order valence-corrected chi connectivity index (χ4v) is 2.02. The molecule has 0 unspecified atom stereocenters. The lowest BCUT2D eigenvalue weighted by Crippen LogP contribution is -2.28. The van der Waals surface area contributed by atoms with Gasteiger partial charge in [0.15, 0.2) is 0 Å². The Morgan fingerprint density at radius 3 is 2.83 bits per heavy atom. The molecule has 0 fully saturated rings. The molecule has 0 amide bonds. The molecule has 88 valence electrons. The number of hydrogen-bond donors (Lipinski definition) is 1. The number of benzene rings is 1. The number of rotatable bonds is 1. The smallest absolute Gasteiger partial charge is 0.231 e. The Bertz CT molecular complexity index is 723. The Balaban J connectivity index is 2.16. The van der Waals surface area contributed by atoms with Crippen LogP contribution in [0.1, 0.15) is 5.56 Å². The maximum Gasteiger partial charge on any atom is 0.231 e. The van der Waals surface area contributed by atoms with Crippen LogP contribution in [0.2, 0.25) is 0 Å². The first-order chi connectivity index (χ1) is 8.72. The van der Waals surface area contributed by atoms with Crippen LogP contribution in [0.15, 0.2) is 54.9 Å². The van der Waals surface area contributed by atoms with E-state index in [-0.39, 0.29) is 0 Å². The van der Waals surface area contributed by atoms with Crippen LogP contribution in [0.3, 0.4) is 0 Å². The molecular formula is C15H13N2O+. The average molecular weight is 237 g/mol. The van der Waals surface area contributed by atoms with Crippen molar-refractivity contribution in [1.82, 2.24) is 4.98 Å². The summed E-state index contributed by atoms with van der Waals surface area (Å²) in [5.74, 6) is 0. The van der Waals surface area contributed by atoms with Gasteiger partial charge in [-0.1, -0.05) is 17.7 Å². The second-order valence-electron chi connectivity index (χ2n) is 4.37. The van der Waals surface area contributed by atoms with Crippen molar-refractivity contribution >= 4 is 10.9 Å². The molecule has 0 aliphatic carbocycles. The maximum atomic E-state index is 9.41. The third-order valence-electron chi connectivity index (χ3n) is 2.93. The number of aromatic nitrogens is 2. The van der Waals surface area contributed by atoms with Crippen molar-refractivity contribution in [3.63, 3.8) is 0 Å². The Morgan fingerprint density at radius 2 is 2.00 bits per heavy atom. The van der Waals surface area contributed by atoms with Crippen LogP contribution >= 0.6 is 0 Å². The zero-order valence-corrected chi connectivity index (χ0v) is 10.0. The van der Waals surface area contributed by atoms with Crippen LogP contribution in [0.25, 0.3) is 22.2 Å². The Kier molecular flexibility index (Phi) is 2.45. The third-order valence-corrected chi connectivity index (χ3v) is 2.93. The van der Waals surface area contributed by atoms with Crippen molar-refractivity contribution in [3.05, 3.63) is 60.4 Å². The van der Waals surface area contributed by atoms with Gasteiger partial charge in [0.05, 0.1) is 16.8 Å². The lowest BCUT2D eigenvalue weighted by Gasteiger charge is -2.02. The molecule has 0 bridgehead atoms. The van der Waals surface area contributed by atoms with E-state index in [4.69, 9.17) is 0 Å². The van der Waals surface area contributed by atoms with Crippen LogP contribution in [-0.4, -0.2) is 10.2 Å². The van der Waals surface area contributed by atoms with Gasteiger partial charge in [-0.25, -0.2) is 4.98 Å². The van der Waals surface area contributed by atoms with Crippen molar-refractivity contribution in [2.24, 2.45) is 0 Å². The van der Waals surface area contributed by atoms with Gasteiger partial charge < -0.3 is 0 Å². The topological polar surface area (TPSA) is 37.0 Å². The van der Waals surface area contributed by atoms with Crippen molar-refractivity contribution in [1.29, 1.82) is 0 Å². The highest BCUT2D eigenvalue weighted by Gasteiger charge is 2.06. The molecule has 0 aliphatic rings. The molecule has 0 atom stereocenters. The first-order valence-corrected chi connectivity index (χ1v) is 5.81. The summed E-state index contributed by atoms with van der Waals surface area (Å²) in [6.45, 7) is 2.07. The lowest BCUT2D eigenvalue weighted by molar-refractivity contribution is -0.904. The van der Waals surface area contributed by atoms with E-state index in [1.807, 2.05) is 18.2 Å². The number of hydrogen-bond acceptors (Lipinski definition) is 2. The third kappa shape index (κ3) is 1.91. The van der Waals surface area contributed by atoms with E-state index >= 15 is 0 Å². The first-order valence-electron chi connectivity index (χ1n) is 5.81. The normalized spacial score (nSPS) is 10.7. The Labute approximate surface area is 105 Å². The second-order valence-corrected chi connectivity index (χ2v) is 4.37. The van der Waals surface area contributed by atoms with Crippen LogP contribution in [0.4, 0.5) is 0 Å². The van der Waals surface area contributed by atoms with E-state index in [0.717, 1.165) is 26.9 Å². The second kappa shape index (κ2) is 4.11. The summed E-state index contributed by atoms with van der Waals surface area (Å²) < 4.78 is 1.04. The summed E-state index contributed by atoms with van der Waals surface area (Å²) in [5.41, 5.74) is 3.94. The summed E-state index contributed by atoms with van der Waals surface area (Å²) in [6.07, 6.45) is 3.22. The van der Waals surface area contributed by atoms with E-state index in [9.17, 15) is 5.21 Å². The summed E-state index contributed by atoms with van der Waals surface area (Å²) >= 11 is 0. The number of pyridine rings is 2. The number of fused-ring (bicyclic) bond motifs is 1. The SMILES string of the molecule is Cc1ccc2nc(-c3ccc[n+](O)c3)ccc2c1. The van der Waals surface area contributed by atoms with Gasteiger partial charge in [-0.15, -0.1) is 0 Å². The van der Waals surface area contributed by atoms with Gasteiger partial charge in [-0.05, 0) is 31.2 Å². The van der Waals surface area contributed by atoms with Gasteiger partial charge in [-0.2, -0.15) is 0 Å². The minimum Gasteiger partial charge on any atom is -0.285 e. The van der Waals surface area contributed by atoms with Crippen molar-refractivity contribution in [2.75, 3.05) is 0 Å². The van der Waals surface area contributed by atoms with Crippen molar-refractivity contribution < 1.29 is 9.94 Å². The van der Waals surface area contributed by atoms with Crippen LogP contribution in [0, 0.1) is 6.92 Å². The molecule has 2 aromatic heterocycles. The monoisotopic (exact) mass is 237 g/mol. The Hall–Kier alpha value is -2.42. The molecule has 18 heavy (non-hydrogen) atoms. The molecule has 0 radical (unpaired) electrons. The summed E-state index contributed by atoms with van der Waals surface area (Å²) in [5, 5.41) is 10.5. The average Bonchev–Trinajstić information content (AvgIpc) is 2.38. The van der Waals surface area contributed by atoms with Crippen LogP contribution < -0.4 is 4.73 Å². The van der Waals surface area contributed by atoms with Crippen molar-refractivity contribution in [3.8, 4) is 11.3 Å². The quantitative estimate of drug-likeness (QED) is 0.522. The lowest BCUT2D eigenvalue weighted by atomic mass is 10.1. The fraction of sp³-hybridized carbons (Fsp3) is 0.0667. The van der Waals surface area contributed by atoms with E-state index in [1.165, 1.54) is 5.56 Å². The van der Waals surface area contributed by atoms with Crippen LogP contribution in [-0.2, 0) is 0 Å². The van der Waals surface area contributed by atoms with Gasteiger partial charge >= 0.3 is 0 Å². The van der Waals surface area contributed by atoms with E-state index in [1.54, 1.807) is 18.5 Å². The van der Waals surface area contributed by atoms with Crippen molar-refractivity contribution in [2.45, 2.75) is 6.92 Å². The highest BCUT2D eigenvalue weighted by atomic mass is 16.5. The number of aryl methyl sites for hydroxylation is 1. The highest BCUT2D eigenvalue weighted by molar-refractivity contribution is 5.81. The molecule has 2 heterocycles. The predicted octanol–water partition coefficient (Wildman–Crippen LogP) is 2.74. The minimum atomic E-state index is 0.856. The Morgan fingerprint density at radius 1 is 1.11 bits per heavy atom. The van der Waals surface area contributed by atoms with Gasteiger partial charge in [0.1, 0.15) is 0 Å². The molecule has 0 aliphatic heterocycles. The molecule has 1 aromatic carbocycles. The largest absolute Gasteiger partial charge is 0.285 e. The van der Waals surface area contributed by atoms with Gasteiger partial charge in [0.25, 0.3) is 0 Å². The molecule has 0 saturated heterocycles. The molecule has 0 saturated carbocycles. The standard InChI is InChI=1S/C15H13N2O/c1-11-4-6-14-12(9-11)5-7-15(16-14)13-3-2-8-17(18)10-13/h2-10,18H,1H3/q+1. The molecule has 1 N–H and O–H groups in total. The van der Waals surface area contributed by atoms with Gasteiger partial charge in [-0.3, -0.25) is 5.21 Å². The molecular weight excluding hydrogens is 224 g/mol. The summed E-state index contributed by atoms with van der Waals surface area (Å²) in [7, 11) is 0. The van der Waals surface area contributed by atoms with E-state index in [0.29, 0.717) is 0 Å². The zero-order valence-electron chi connectivity index (χ0n) is 10.0. The van der Waals surface area contributed by atoms with Gasteiger partial charge in [0, 0.05) is 16.2 Å². The van der Waals surface area contributed by atoms with Crippen LogP contribution in [0.5, 0.6) is 0 Å². The molecule has 3 heteroatoms. The minimum absolute atomic E-state index is 0.856. The summed E-state index contributed by atoms with van der Waals surface area (Å²) in [4.78, 5) is 4.60. The molecule has 0 spiro atoms. The predicted molar refractivity (Wildman–Crippen MR) is 69.3 cm³/mol. The summed E-state index contributed by atoms with van der Waals surface area (Å²) in [6, 6.07) is 13.9. The van der Waals surface area contributed by atoms with E-state index < -0.39 is 0 Å². The molecule has 3 nitrogen and oxygen atoms in total. The highest BCUT2D eigenvalue weighted by Crippen LogP contribution is 2.20. The molecule has 3 aromatic rings. The zero-order chi connectivity index (χ0) is 12.5. The van der Waals surface area contributed by atoms with E-state index in [2.05, 4.69) is 30.1 Å². The van der Waals surface area contributed by atoms with Gasteiger partial charge in [0.2, 0.25) is 12.4 Å². The maximum absolute atomic E-state index is 9.41. The fourth-order valence-electron chi connectivity index (χ4n) is 2.02. The molecule has 3 rings (SSSR count). The number of nitrogens with zero attached hydrogens (tertiary/aromatic N) is 2. The first kappa shape index (κ1) is 10.7.